The molecule has 0 unspecified atom stereocenters. The Morgan fingerprint density at radius 3 is 2.64 bits per heavy atom. The van der Waals surface area contributed by atoms with Gasteiger partial charge in [0.25, 0.3) is 0 Å². The molecule has 8 nitrogen and oxygen atoms in total. The smallest absolute Gasteiger partial charge is 0.305 e. The van der Waals surface area contributed by atoms with Crippen LogP contribution < -0.4 is 4.90 Å². The Morgan fingerprint density at radius 1 is 1.23 bits per heavy atom. The molecule has 1 heterocycles. The van der Waals surface area contributed by atoms with Crippen LogP contribution in [0, 0.1) is 0 Å². The Labute approximate surface area is 126 Å². The van der Waals surface area contributed by atoms with Gasteiger partial charge in [-0.05, 0) is 24.6 Å². The number of hydrogen-bond acceptors (Lipinski definition) is 5. The van der Waals surface area contributed by atoms with Crippen molar-refractivity contribution in [1.29, 1.82) is 0 Å². The van der Waals surface area contributed by atoms with Gasteiger partial charge >= 0.3 is 11.9 Å². The van der Waals surface area contributed by atoms with Crippen LogP contribution in [-0.2, 0) is 16.1 Å². The van der Waals surface area contributed by atoms with Gasteiger partial charge in [0.2, 0.25) is 0 Å². The topological polar surface area (TPSA) is 109 Å². The SMILES string of the molecule is CN(CCC(=O)O)c1ccc2c(c1)nnn2CCCC(=O)O. The number of aryl methyl sites for hydroxylation is 1. The molecule has 0 saturated heterocycles. The molecular formula is C14H18N4O4. The zero-order valence-electron chi connectivity index (χ0n) is 12.3. The molecule has 2 N–H and O–H groups in total. The van der Waals surface area contributed by atoms with Crippen molar-refractivity contribution >= 4 is 28.7 Å². The minimum atomic E-state index is -0.836. The number of anilines is 1. The van der Waals surface area contributed by atoms with Crippen molar-refractivity contribution in [2.45, 2.75) is 25.8 Å². The van der Waals surface area contributed by atoms with E-state index in [1.807, 2.05) is 30.1 Å². The first-order chi connectivity index (χ1) is 10.5. The largest absolute Gasteiger partial charge is 0.481 e. The van der Waals surface area contributed by atoms with E-state index in [0.717, 1.165) is 11.2 Å². The molecule has 22 heavy (non-hydrogen) atoms. The highest BCUT2D eigenvalue weighted by molar-refractivity contribution is 5.79. The van der Waals surface area contributed by atoms with Crippen LogP contribution in [0.3, 0.4) is 0 Å². The Bertz CT molecular complexity index is 683. The van der Waals surface area contributed by atoms with Crippen LogP contribution in [0.5, 0.6) is 0 Å². The van der Waals surface area contributed by atoms with Gasteiger partial charge < -0.3 is 15.1 Å². The molecule has 0 amide bonds. The lowest BCUT2D eigenvalue weighted by atomic mass is 10.2. The highest BCUT2D eigenvalue weighted by Gasteiger charge is 2.09. The predicted octanol–water partition coefficient (Wildman–Crippen LogP) is 1.21. The van der Waals surface area contributed by atoms with Gasteiger partial charge in [0.15, 0.2) is 0 Å². The van der Waals surface area contributed by atoms with E-state index in [4.69, 9.17) is 10.2 Å². The van der Waals surface area contributed by atoms with Crippen LogP contribution in [0.15, 0.2) is 18.2 Å². The van der Waals surface area contributed by atoms with E-state index < -0.39 is 11.9 Å². The Morgan fingerprint density at radius 2 is 1.95 bits per heavy atom. The summed E-state index contributed by atoms with van der Waals surface area (Å²) >= 11 is 0. The zero-order valence-corrected chi connectivity index (χ0v) is 12.3. The fourth-order valence-electron chi connectivity index (χ4n) is 2.14. The maximum Gasteiger partial charge on any atom is 0.305 e. The molecule has 2 rings (SSSR count). The van der Waals surface area contributed by atoms with Crippen molar-refractivity contribution in [2.24, 2.45) is 0 Å². The molecule has 1 aromatic carbocycles. The molecule has 0 spiro atoms. The Hall–Kier alpha value is -2.64. The molecule has 0 saturated carbocycles. The van der Waals surface area contributed by atoms with E-state index in [9.17, 15) is 9.59 Å². The number of hydrogen-bond donors (Lipinski definition) is 2. The zero-order chi connectivity index (χ0) is 16.1. The first kappa shape index (κ1) is 15.7. The molecule has 0 aliphatic heterocycles. The van der Waals surface area contributed by atoms with Crippen molar-refractivity contribution in [3.8, 4) is 0 Å². The molecule has 0 radical (unpaired) electrons. The van der Waals surface area contributed by atoms with Gasteiger partial charge in [-0.25, -0.2) is 4.68 Å². The lowest BCUT2D eigenvalue weighted by molar-refractivity contribution is -0.138. The van der Waals surface area contributed by atoms with Gasteiger partial charge in [-0.2, -0.15) is 0 Å². The van der Waals surface area contributed by atoms with E-state index in [1.165, 1.54) is 0 Å². The molecule has 1 aromatic heterocycles. The van der Waals surface area contributed by atoms with Crippen LogP contribution in [0.25, 0.3) is 11.0 Å². The minimum absolute atomic E-state index is 0.0659. The van der Waals surface area contributed by atoms with E-state index >= 15 is 0 Å². The summed E-state index contributed by atoms with van der Waals surface area (Å²) in [7, 11) is 1.82. The maximum absolute atomic E-state index is 10.6. The van der Waals surface area contributed by atoms with Gasteiger partial charge in [0.1, 0.15) is 5.52 Å². The Kier molecular flexibility index (Phi) is 4.92. The summed E-state index contributed by atoms with van der Waals surface area (Å²) in [4.78, 5) is 23.0. The molecule has 0 fully saturated rings. The number of aliphatic carboxylic acids is 2. The average molecular weight is 306 g/mol. The number of benzene rings is 1. The van der Waals surface area contributed by atoms with Crippen molar-refractivity contribution in [2.75, 3.05) is 18.5 Å². The van der Waals surface area contributed by atoms with Gasteiger partial charge in [-0.3, -0.25) is 9.59 Å². The maximum atomic E-state index is 10.6. The molecule has 0 aliphatic rings. The Balaban J connectivity index is 2.08. The summed E-state index contributed by atoms with van der Waals surface area (Å²) in [5, 5.41) is 25.5. The van der Waals surface area contributed by atoms with Crippen LogP contribution in [0.4, 0.5) is 5.69 Å². The van der Waals surface area contributed by atoms with Crippen LogP contribution in [0.2, 0.25) is 0 Å². The summed E-state index contributed by atoms with van der Waals surface area (Å²) in [6, 6.07) is 5.59. The molecule has 2 aromatic rings. The summed E-state index contributed by atoms with van der Waals surface area (Å²) in [6.45, 7) is 0.907. The van der Waals surface area contributed by atoms with Gasteiger partial charge in [0.05, 0.1) is 11.9 Å². The fraction of sp³-hybridized carbons (Fsp3) is 0.429. The van der Waals surface area contributed by atoms with Crippen molar-refractivity contribution in [1.82, 2.24) is 15.0 Å². The quantitative estimate of drug-likeness (QED) is 0.754. The lowest BCUT2D eigenvalue weighted by Crippen LogP contribution is -2.20. The van der Waals surface area contributed by atoms with Crippen molar-refractivity contribution in [3.63, 3.8) is 0 Å². The standard InChI is InChI=1S/C14H18N4O4/c1-17(8-6-14(21)22)10-4-5-12-11(9-10)15-16-18(12)7-2-3-13(19)20/h4-5,9H,2-3,6-8H2,1H3,(H,19,20)(H,21,22). The summed E-state index contributed by atoms with van der Waals surface area (Å²) in [5.74, 6) is -1.66. The molecular weight excluding hydrogens is 288 g/mol. The number of carboxylic acids is 2. The second-order valence-electron chi connectivity index (χ2n) is 5.05. The number of aromatic nitrogens is 3. The highest BCUT2D eigenvalue weighted by Crippen LogP contribution is 2.20. The van der Waals surface area contributed by atoms with Crippen LogP contribution in [0.1, 0.15) is 19.3 Å². The number of nitrogens with zero attached hydrogens (tertiary/aromatic N) is 4. The second kappa shape index (κ2) is 6.88. The monoisotopic (exact) mass is 306 g/mol. The molecule has 0 atom stereocenters. The normalized spacial score (nSPS) is 10.8. The van der Waals surface area contributed by atoms with Crippen LogP contribution in [-0.4, -0.2) is 50.7 Å². The fourth-order valence-corrected chi connectivity index (χ4v) is 2.14. The average Bonchev–Trinajstić information content (AvgIpc) is 2.87. The van der Waals surface area contributed by atoms with Crippen molar-refractivity contribution < 1.29 is 19.8 Å². The molecule has 8 heteroatoms. The molecule has 0 aliphatic carbocycles. The van der Waals surface area contributed by atoms with E-state index in [1.54, 1.807) is 4.68 Å². The summed E-state index contributed by atoms with van der Waals surface area (Å²) in [5.41, 5.74) is 2.40. The molecule has 118 valence electrons. The number of carboxylic acid groups (broad SMARTS) is 2. The highest BCUT2D eigenvalue weighted by atomic mass is 16.4. The van der Waals surface area contributed by atoms with Crippen molar-refractivity contribution in [3.05, 3.63) is 18.2 Å². The lowest BCUT2D eigenvalue weighted by Gasteiger charge is -2.18. The van der Waals surface area contributed by atoms with Gasteiger partial charge in [0, 0.05) is 32.2 Å². The second-order valence-corrected chi connectivity index (χ2v) is 5.05. The third-order valence-electron chi connectivity index (χ3n) is 3.36. The number of carbonyl (C=O) groups is 2. The van der Waals surface area contributed by atoms with E-state index in [-0.39, 0.29) is 12.8 Å². The van der Waals surface area contributed by atoms with E-state index in [0.29, 0.717) is 25.0 Å². The minimum Gasteiger partial charge on any atom is -0.481 e. The van der Waals surface area contributed by atoms with E-state index in [2.05, 4.69) is 10.3 Å². The first-order valence-corrected chi connectivity index (χ1v) is 6.95. The van der Waals surface area contributed by atoms with Gasteiger partial charge in [-0.15, -0.1) is 5.10 Å². The number of fused-ring (bicyclic) bond motifs is 1. The van der Waals surface area contributed by atoms with Crippen LogP contribution >= 0.6 is 0 Å². The predicted molar refractivity (Wildman–Crippen MR) is 79.9 cm³/mol. The molecule has 0 bridgehead atoms. The number of rotatable bonds is 8. The van der Waals surface area contributed by atoms with Gasteiger partial charge in [-0.1, -0.05) is 5.21 Å². The third kappa shape index (κ3) is 3.94. The first-order valence-electron chi connectivity index (χ1n) is 6.95. The summed E-state index contributed by atoms with van der Waals surface area (Å²) < 4.78 is 1.68. The third-order valence-corrected chi connectivity index (χ3v) is 3.36. The summed E-state index contributed by atoms with van der Waals surface area (Å²) in [6.07, 6.45) is 0.655.